The molecule has 84 valence electrons. The summed E-state index contributed by atoms with van der Waals surface area (Å²) < 4.78 is 5.00. The van der Waals surface area contributed by atoms with E-state index in [-0.39, 0.29) is 0 Å². The van der Waals surface area contributed by atoms with Gasteiger partial charge in [0.25, 0.3) is 0 Å². The summed E-state index contributed by atoms with van der Waals surface area (Å²) in [6.45, 7) is 2.17. The van der Waals surface area contributed by atoms with Crippen molar-refractivity contribution in [2.24, 2.45) is 5.92 Å². The van der Waals surface area contributed by atoms with E-state index >= 15 is 0 Å². The highest BCUT2D eigenvalue weighted by Gasteiger charge is 2.23. The summed E-state index contributed by atoms with van der Waals surface area (Å²) in [6, 6.07) is 0.533. The van der Waals surface area contributed by atoms with Gasteiger partial charge in [0.05, 0.1) is 0 Å². The summed E-state index contributed by atoms with van der Waals surface area (Å²) in [4.78, 5) is 0. The van der Waals surface area contributed by atoms with E-state index in [1.54, 1.807) is 7.11 Å². The average molecular weight is 201 g/mol. The molecule has 0 heterocycles. The van der Waals surface area contributed by atoms with E-state index in [1.165, 1.54) is 25.7 Å². The van der Waals surface area contributed by atoms with Crippen molar-refractivity contribution in [3.05, 3.63) is 0 Å². The molecule has 0 bridgehead atoms. The Morgan fingerprint density at radius 3 is 2.86 bits per heavy atom. The lowest BCUT2D eigenvalue weighted by Gasteiger charge is -2.31. The molecule has 2 unspecified atom stereocenters. The molecule has 0 amide bonds. The second-order valence-corrected chi connectivity index (χ2v) is 4.13. The van der Waals surface area contributed by atoms with Gasteiger partial charge in [-0.2, -0.15) is 0 Å². The summed E-state index contributed by atoms with van der Waals surface area (Å²) in [6.07, 6.45) is 6.04. The van der Waals surface area contributed by atoms with E-state index in [4.69, 9.17) is 4.74 Å². The van der Waals surface area contributed by atoms with Crippen LogP contribution in [0.5, 0.6) is 0 Å². The van der Waals surface area contributed by atoms with E-state index in [1.807, 2.05) is 0 Å². The maximum Gasteiger partial charge on any atom is 0.0474 e. The fourth-order valence-corrected chi connectivity index (χ4v) is 2.20. The summed E-state index contributed by atoms with van der Waals surface area (Å²) in [5.74, 6) is 0.478. The lowest BCUT2D eigenvalue weighted by molar-refractivity contribution is 0.148. The topological polar surface area (TPSA) is 41.5 Å². The first-order valence-electron chi connectivity index (χ1n) is 5.71. The van der Waals surface area contributed by atoms with Gasteiger partial charge >= 0.3 is 0 Å². The first-order chi connectivity index (χ1) is 6.88. The van der Waals surface area contributed by atoms with Crippen molar-refractivity contribution in [3.8, 4) is 0 Å². The van der Waals surface area contributed by atoms with Crippen molar-refractivity contribution in [1.29, 1.82) is 0 Å². The predicted octanol–water partition coefficient (Wildman–Crippen LogP) is 1.16. The van der Waals surface area contributed by atoms with Gasteiger partial charge in [0.1, 0.15) is 0 Å². The van der Waals surface area contributed by atoms with Crippen molar-refractivity contribution in [3.63, 3.8) is 0 Å². The molecule has 3 nitrogen and oxygen atoms in total. The van der Waals surface area contributed by atoms with Crippen LogP contribution >= 0.6 is 0 Å². The molecule has 0 saturated heterocycles. The van der Waals surface area contributed by atoms with Gasteiger partial charge in [0.2, 0.25) is 0 Å². The maximum atomic E-state index is 9.20. The van der Waals surface area contributed by atoms with Crippen LogP contribution in [-0.4, -0.2) is 38.0 Å². The Kier molecular flexibility index (Phi) is 6.15. The summed E-state index contributed by atoms with van der Waals surface area (Å²) in [5.41, 5.74) is 0. The number of aliphatic hydroxyl groups is 1. The summed E-state index contributed by atoms with van der Waals surface area (Å²) >= 11 is 0. The van der Waals surface area contributed by atoms with Gasteiger partial charge in [0, 0.05) is 26.4 Å². The number of rotatable bonds is 6. The second kappa shape index (κ2) is 7.21. The SMILES string of the molecule is COCCCNC1CCCCC1CO. The third-order valence-electron chi connectivity index (χ3n) is 3.08. The molecule has 2 atom stereocenters. The Bertz CT molecular complexity index is 141. The van der Waals surface area contributed by atoms with Crippen molar-refractivity contribution < 1.29 is 9.84 Å². The van der Waals surface area contributed by atoms with Crippen LogP contribution in [-0.2, 0) is 4.74 Å². The zero-order valence-corrected chi connectivity index (χ0v) is 9.17. The van der Waals surface area contributed by atoms with Crippen LogP contribution in [0, 0.1) is 5.92 Å². The number of ether oxygens (including phenoxy) is 1. The molecule has 2 N–H and O–H groups in total. The standard InChI is InChI=1S/C11H23NO2/c1-14-8-4-7-12-11-6-3-2-5-10(11)9-13/h10-13H,2-9H2,1H3. The molecule has 14 heavy (non-hydrogen) atoms. The normalized spacial score (nSPS) is 27.9. The lowest BCUT2D eigenvalue weighted by Crippen LogP contribution is -2.40. The van der Waals surface area contributed by atoms with Gasteiger partial charge in [-0.15, -0.1) is 0 Å². The van der Waals surface area contributed by atoms with Crippen LogP contribution in [0.15, 0.2) is 0 Å². The molecular weight excluding hydrogens is 178 g/mol. The summed E-state index contributed by atoms with van der Waals surface area (Å²) in [7, 11) is 1.73. The van der Waals surface area contributed by atoms with Gasteiger partial charge in [-0.25, -0.2) is 0 Å². The van der Waals surface area contributed by atoms with Crippen LogP contribution in [0.3, 0.4) is 0 Å². The fraction of sp³-hybridized carbons (Fsp3) is 1.00. The van der Waals surface area contributed by atoms with E-state index in [0.29, 0.717) is 18.6 Å². The van der Waals surface area contributed by atoms with Crippen LogP contribution in [0.4, 0.5) is 0 Å². The van der Waals surface area contributed by atoms with Crippen molar-refractivity contribution in [1.82, 2.24) is 5.32 Å². The van der Waals surface area contributed by atoms with Crippen LogP contribution < -0.4 is 5.32 Å². The first-order valence-corrected chi connectivity index (χ1v) is 5.71. The Hall–Kier alpha value is -0.120. The lowest BCUT2D eigenvalue weighted by atomic mass is 9.85. The molecule has 0 aromatic heterocycles. The number of hydrogen-bond acceptors (Lipinski definition) is 3. The third kappa shape index (κ3) is 3.95. The first kappa shape index (κ1) is 12.0. The summed E-state index contributed by atoms with van der Waals surface area (Å²) in [5, 5.41) is 12.7. The Morgan fingerprint density at radius 2 is 2.14 bits per heavy atom. The molecule has 0 radical (unpaired) electrons. The molecule has 1 aliphatic rings. The van der Waals surface area contributed by atoms with E-state index in [2.05, 4.69) is 5.32 Å². The largest absolute Gasteiger partial charge is 0.396 e. The average Bonchev–Trinajstić information content (AvgIpc) is 2.25. The molecule has 0 aliphatic heterocycles. The van der Waals surface area contributed by atoms with Crippen molar-refractivity contribution in [2.75, 3.05) is 26.9 Å². The van der Waals surface area contributed by atoms with Crippen molar-refractivity contribution >= 4 is 0 Å². The van der Waals surface area contributed by atoms with E-state index in [9.17, 15) is 5.11 Å². The molecule has 3 heteroatoms. The maximum absolute atomic E-state index is 9.20. The second-order valence-electron chi connectivity index (χ2n) is 4.13. The smallest absolute Gasteiger partial charge is 0.0474 e. The van der Waals surface area contributed by atoms with Crippen LogP contribution in [0.25, 0.3) is 0 Å². The zero-order chi connectivity index (χ0) is 10.2. The molecule has 1 saturated carbocycles. The monoisotopic (exact) mass is 201 g/mol. The highest BCUT2D eigenvalue weighted by atomic mass is 16.5. The van der Waals surface area contributed by atoms with Crippen LogP contribution in [0.2, 0.25) is 0 Å². The molecule has 0 spiro atoms. The number of nitrogens with one attached hydrogen (secondary N) is 1. The Morgan fingerprint density at radius 1 is 1.36 bits per heavy atom. The van der Waals surface area contributed by atoms with E-state index < -0.39 is 0 Å². The molecular formula is C11H23NO2. The van der Waals surface area contributed by atoms with Gasteiger partial charge in [-0.05, 0) is 31.7 Å². The minimum atomic E-state index is 0.335. The molecule has 1 fully saturated rings. The minimum absolute atomic E-state index is 0.335. The fourth-order valence-electron chi connectivity index (χ4n) is 2.20. The number of aliphatic hydroxyl groups excluding tert-OH is 1. The van der Waals surface area contributed by atoms with Crippen molar-refractivity contribution in [2.45, 2.75) is 38.1 Å². The predicted molar refractivity (Wildman–Crippen MR) is 57.3 cm³/mol. The van der Waals surface area contributed by atoms with Gasteiger partial charge < -0.3 is 15.2 Å². The Labute approximate surface area is 86.8 Å². The zero-order valence-electron chi connectivity index (χ0n) is 9.17. The van der Waals surface area contributed by atoms with Gasteiger partial charge in [-0.1, -0.05) is 12.8 Å². The quantitative estimate of drug-likeness (QED) is 0.634. The highest BCUT2D eigenvalue weighted by Crippen LogP contribution is 2.23. The minimum Gasteiger partial charge on any atom is -0.396 e. The molecule has 1 aliphatic carbocycles. The van der Waals surface area contributed by atoms with Gasteiger partial charge in [-0.3, -0.25) is 0 Å². The Balaban J connectivity index is 2.13. The molecule has 0 aromatic carbocycles. The highest BCUT2D eigenvalue weighted by molar-refractivity contribution is 4.80. The number of hydrogen-bond donors (Lipinski definition) is 2. The van der Waals surface area contributed by atoms with Crippen LogP contribution in [0.1, 0.15) is 32.1 Å². The molecule has 0 aromatic rings. The third-order valence-corrected chi connectivity index (χ3v) is 3.08. The number of methoxy groups -OCH3 is 1. The molecule has 1 rings (SSSR count). The van der Waals surface area contributed by atoms with Gasteiger partial charge in [0.15, 0.2) is 0 Å². The van der Waals surface area contributed by atoms with E-state index in [0.717, 1.165) is 19.6 Å².